The second kappa shape index (κ2) is 9.30. The molecule has 0 spiro atoms. The molecule has 0 aliphatic heterocycles. The quantitative estimate of drug-likeness (QED) is 0.202. The number of alkyl halides is 7. The zero-order chi connectivity index (χ0) is 28.5. The molecule has 0 N–H and O–H groups in total. The van der Waals surface area contributed by atoms with Crippen LogP contribution < -0.4 is 9.16 Å². The van der Waals surface area contributed by atoms with Gasteiger partial charge in [0.2, 0.25) is 8.32 Å². The first-order valence-corrected chi connectivity index (χ1v) is 16.2. The van der Waals surface area contributed by atoms with Gasteiger partial charge in [0.1, 0.15) is 11.9 Å². The van der Waals surface area contributed by atoms with Gasteiger partial charge in [-0.2, -0.15) is 30.7 Å². The van der Waals surface area contributed by atoms with Crippen molar-refractivity contribution in [1.29, 1.82) is 0 Å². The molecule has 1 aromatic rings. The highest BCUT2D eigenvalue weighted by molar-refractivity contribution is 6.70. The van der Waals surface area contributed by atoms with Crippen molar-refractivity contribution >= 4 is 14.3 Å². The van der Waals surface area contributed by atoms with Crippen LogP contribution in [0.1, 0.15) is 56.1 Å². The average molecular weight is 571 g/mol. The van der Waals surface area contributed by atoms with Gasteiger partial charge in [-0.1, -0.05) is 6.92 Å². The Morgan fingerprint density at radius 2 is 1.63 bits per heavy atom. The van der Waals surface area contributed by atoms with E-state index in [0.29, 0.717) is 30.8 Å². The predicted octanol–water partition coefficient (Wildman–Crippen LogP) is 7.51. The molecule has 3 aliphatic rings. The van der Waals surface area contributed by atoms with E-state index in [1.54, 1.807) is 14.0 Å². The summed E-state index contributed by atoms with van der Waals surface area (Å²) in [7, 11) is -0.320. The number of esters is 1. The van der Waals surface area contributed by atoms with Crippen LogP contribution in [0.5, 0.6) is 11.5 Å². The second-order valence-electron chi connectivity index (χ2n) is 12.0. The van der Waals surface area contributed by atoms with E-state index in [1.807, 2.05) is 12.1 Å². The van der Waals surface area contributed by atoms with Crippen LogP contribution in [-0.4, -0.2) is 45.5 Å². The molecule has 5 atom stereocenters. The van der Waals surface area contributed by atoms with E-state index in [-0.39, 0.29) is 24.2 Å². The van der Waals surface area contributed by atoms with Crippen LogP contribution in [0.25, 0.3) is 0 Å². The maximum absolute atomic E-state index is 14.0. The lowest BCUT2D eigenvalue weighted by Crippen LogP contribution is -2.57. The van der Waals surface area contributed by atoms with Gasteiger partial charge in [0.05, 0.1) is 7.11 Å². The summed E-state index contributed by atoms with van der Waals surface area (Å²) in [6.07, 6.45) is -4.51. The summed E-state index contributed by atoms with van der Waals surface area (Å²) in [4.78, 5) is 12.0. The third kappa shape index (κ3) is 4.68. The van der Waals surface area contributed by atoms with E-state index in [9.17, 15) is 35.5 Å². The van der Waals surface area contributed by atoms with Crippen molar-refractivity contribution < 1.29 is 49.4 Å². The Morgan fingerprint density at radius 1 is 0.974 bits per heavy atom. The number of hydrogen-bond donors (Lipinski definition) is 0. The maximum atomic E-state index is 14.0. The lowest BCUT2D eigenvalue weighted by Gasteiger charge is -2.50. The first-order valence-electron chi connectivity index (χ1n) is 12.8. The molecule has 0 heterocycles. The fraction of sp³-hybridized carbons (Fsp3) is 0.731. The molecular weight excluding hydrogens is 537 g/mol. The highest BCUT2D eigenvalue weighted by Crippen LogP contribution is 2.62. The highest BCUT2D eigenvalue weighted by Gasteiger charge is 2.77. The Labute approximate surface area is 218 Å². The third-order valence-corrected chi connectivity index (χ3v) is 9.43. The van der Waals surface area contributed by atoms with Gasteiger partial charge in [-0.25, -0.2) is 4.79 Å². The number of rotatable bonds is 6. The van der Waals surface area contributed by atoms with Gasteiger partial charge in [0, 0.05) is 5.41 Å². The van der Waals surface area contributed by atoms with Crippen LogP contribution >= 0.6 is 0 Å². The summed E-state index contributed by atoms with van der Waals surface area (Å²) in [5.41, 5.74) is 1.47. The van der Waals surface area contributed by atoms with E-state index in [2.05, 4.69) is 19.6 Å². The molecule has 2 saturated carbocycles. The molecule has 0 saturated heterocycles. The zero-order valence-electron chi connectivity index (χ0n) is 22.0. The van der Waals surface area contributed by atoms with Crippen molar-refractivity contribution in [2.24, 2.45) is 17.3 Å². The lowest BCUT2D eigenvalue weighted by molar-refractivity contribution is -0.349. The van der Waals surface area contributed by atoms with Gasteiger partial charge in [-0.05, 0) is 99.2 Å². The number of fused-ring (bicyclic) bond motifs is 5. The number of carbonyl (C=O) groups is 1. The molecule has 12 heteroatoms. The maximum Gasteiger partial charge on any atom is 0.460 e. The van der Waals surface area contributed by atoms with Crippen molar-refractivity contribution in [1.82, 2.24) is 0 Å². The zero-order valence-corrected chi connectivity index (χ0v) is 23.0. The summed E-state index contributed by atoms with van der Waals surface area (Å²) in [5, 5.41) is 0. The van der Waals surface area contributed by atoms with Crippen molar-refractivity contribution in [3.63, 3.8) is 0 Å². The van der Waals surface area contributed by atoms with Gasteiger partial charge in [-0.15, -0.1) is 0 Å². The fourth-order valence-electron chi connectivity index (χ4n) is 6.80. The van der Waals surface area contributed by atoms with Gasteiger partial charge >= 0.3 is 24.0 Å². The number of methoxy groups -OCH3 is 1. The Balaban J connectivity index is 1.55. The van der Waals surface area contributed by atoms with E-state index < -0.39 is 43.8 Å². The summed E-state index contributed by atoms with van der Waals surface area (Å²) >= 11 is 0. The van der Waals surface area contributed by atoms with Crippen LogP contribution in [0.15, 0.2) is 12.1 Å². The summed E-state index contributed by atoms with van der Waals surface area (Å²) in [5.74, 6) is -13.9. The molecule has 2 fully saturated rings. The molecule has 4 nitrogen and oxygen atoms in total. The fourth-order valence-corrected chi connectivity index (χ4v) is 7.62. The number of aryl methyl sites for hydroxylation is 1. The normalized spacial score (nSPS) is 29.7. The summed E-state index contributed by atoms with van der Waals surface area (Å²) < 4.78 is 109. The molecule has 0 radical (unpaired) electrons. The van der Waals surface area contributed by atoms with E-state index in [1.165, 1.54) is 0 Å². The summed E-state index contributed by atoms with van der Waals surface area (Å²) in [6.45, 7) is 7.99. The predicted molar refractivity (Wildman–Crippen MR) is 127 cm³/mol. The van der Waals surface area contributed by atoms with Gasteiger partial charge in [-0.3, -0.25) is 0 Å². The van der Waals surface area contributed by atoms with Crippen LogP contribution in [0.2, 0.25) is 19.6 Å². The van der Waals surface area contributed by atoms with Gasteiger partial charge in [0.15, 0.2) is 5.75 Å². The molecule has 1 aromatic carbocycles. The first-order chi connectivity index (χ1) is 17.3. The Hall–Kier alpha value is -1.98. The van der Waals surface area contributed by atoms with Crippen LogP contribution in [0.4, 0.5) is 30.7 Å². The number of benzene rings is 1. The van der Waals surface area contributed by atoms with E-state index in [0.717, 1.165) is 24.0 Å². The largest absolute Gasteiger partial charge is 0.542 e. The lowest BCUT2D eigenvalue weighted by atomic mass is 9.55. The minimum atomic E-state index is -6.59. The smallest absolute Gasteiger partial charge is 0.460 e. The molecule has 214 valence electrons. The standard InChI is InChI=1S/C26H33F7O4Si/c1-23-11-10-15-16(7-6-14-12-20(37-38(3,4)5)19(35-2)13-17(14)15)18(23)8-9-21(23)36-22(34)24(27,28)25(29,30)26(31,32)33/h12-13,15-16,18,21H,6-11H2,1-5H3/t15-,16+,18-,21-,23-/m0/s1. The molecule has 3 aliphatic carbocycles. The topological polar surface area (TPSA) is 44.8 Å². The Kier molecular flexibility index (Phi) is 7.10. The SMILES string of the molecule is COc1cc2c(cc1O[Si](C)(C)C)CC[C@@H]1[C@@H]2CC[C@]2(C)[C@@H](OC(=O)C(F)(F)C(F)(F)C(F)(F)F)CC[C@@H]12. The molecule has 0 unspecified atom stereocenters. The molecule has 38 heavy (non-hydrogen) atoms. The van der Waals surface area contributed by atoms with Crippen molar-refractivity contribution in [3.8, 4) is 11.5 Å². The molecule has 0 bridgehead atoms. The van der Waals surface area contributed by atoms with E-state index >= 15 is 0 Å². The second-order valence-corrected chi connectivity index (χ2v) is 16.4. The van der Waals surface area contributed by atoms with Gasteiger partial charge in [0.25, 0.3) is 0 Å². The van der Waals surface area contributed by atoms with Crippen molar-refractivity contribution in [3.05, 3.63) is 23.3 Å². The summed E-state index contributed by atoms with van der Waals surface area (Å²) in [6, 6.07) is 4.02. The highest BCUT2D eigenvalue weighted by atomic mass is 28.4. The molecule has 4 rings (SSSR count). The van der Waals surface area contributed by atoms with E-state index in [4.69, 9.17) is 13.9 Å². The molecular formula is C26H33F7O4Si. The Morgan fingerprint density at radius 3 is 2.21 bits per heavy atom. The third-order valence-electron chi connectivity index (χ3n) is 8.59. The van der Waals surface area contributed by atoms with Crippen molar-refractivity contribution in [2.45, 2.75) is 95.1 Å². The van der Waals surface area contributed by atoms with Crippen LogP contribution in [0.3, 0.4) is 0 Å². The van der Waals surface area contributed by atoms with Crippen molar-refractivity contribution in [2.75, 3.05) is 7.11 Å². The monoisotopic (exact) mass is 570 g/mol. The molecule has 0 amide bonds. The average Bonchev–Trinajstić information content (AvgIpc) is 3.12. The van der Waals surface area contributed by atoms with Crippen LogP contribution in [-0.2, 0) is 16.0 Å². The van der Waals surface area contributed by atoms with Gasteiger partial charge < -0.3 is 13.9 Å². The van der Waals surface area contributed by atoms with Crippen LogP contribution in [0, 0.1) is 17.3 Å². The number of hydrogen-bond acceptors (Lipinski definition) is 4. The molecule has 0 aromatic heterocycles. The number of carbonyl (C=O) groups excluding carboxylic acids is 1. The Bertz CT molecular complexity index is 1080. The first kappa shape index (κ1) is 29.0. The minimum Gasteiger partial charge on any atom is -0.542 e. The number of ether oxygens (including phenoxy) is 2. The number of halogens is 7. The minimum absolute atomic E-state index is 0.0622.